The summed E-state index contributed by atoms with van der Waals surface area (Å²) in [6.07, 6.45) is 2.28. The van der Waals surface area contributed by atoms with Gasteiger partial charge in [0, 0.05) is 10.1 Å². The second-order valence-corrected chi connectivity index (χ2v) is 6.41. The molecule has 0 spiro atoms. The van der Waals surface area contributed by atoms with Crippen LogP contribution < -0.4 is 10.5 Å². The van der Waals surface area contributed by atoms with Gasteiger partial charge in [0.2, 0.25) is 0 Å². The molecule has 110 valence electrons. The maximum atomic E-state index is 11.9. The standard InChI is InChI=1S/C15H21NO3S/c1-3-19-14(17)15(16)8-7-13(10-15)20-12-6-4-5-11(9-12)18-2/h4-6,9,13H,3,7-8,10,16H2,1-2H3. The van der Waals surface area contributed by atoms with Crippen molar-refractivity contribution in [3.05, 3.63) is 24.3 Å². The lowest BCUT2D eigenvalue weighted by molar-refractivity contribution is -0.149. The number of ether oxygens (including phenoxy) is 2. The third-order valence-electron chi connectivity index (χ3n) is 3.53. The summed E-state index contributed by atoms with van der Waals surface area (Å²) in [6, 6.07) is 7.95. The molecule has 1 saturated carbocycles. The third-order valence-corrected chi connectivity index (χ3v) is 4.79. The van der Waals surface area contributed by atoms with Crippen LogP contribution >= 0.6 is 11.8 Å². The molecule has 0 bridgehead atoms. The SMILES string of the molecule is CCOC(=O)C1(N)CCC(Sc2cccc(OC)c2)C1. The first-order chi connectivity index (χ1) is 9.57. The summed E-state index contributed by atoms with van der Waals surface area (Å²) in [5, 5.41) is 0.344. The van der Waals surface area contributed by atoms with Gasteiger partial charge in [0.25, 0.3) is 0 Å². The van der Waals surface area contributed by atoms with Crippen LogP contribution in [0.4, 0.5) is 0 Å². The largest absolute Gasteiger partial charge is 0.497 e. The average Bonchev–Trinajstić information content (AvgIpc) is 2.82. The highest BCUT2D eigenvalue weighted by atomic mass is 32.2. The molecule has 0 radical (unpaired) electrons. The Morgan fingerprint density at radius 3 is 3.05 bits per heavy atom. The van der Waals surface area contributed by atoms with Crippen molar-refractivity contribution in [3.8, 4) is 5.75 Å². The Labute approximate surface area is 124 Å². The van der Waals surface area contributed by atoms with Crippen molar-refractivity contribution in [3.63, 3.8) is 0 Å². The molecule has 5 heteroatoms. The van der Waals surface area contributed by atoms with Gasteiger partial charge in [-0.05, 0) is 44.4 Å². The van der Waals surface area contributed by atoms with Crippen LogP contribution in [0.3, 0.4) is 0 Å². The highest BCUT2D eigenvalue weighted by Crippen LogP contribution is 2.40. The molecule has 0 saturated heterocycles. The summed E-state index contributed by atoms with van der Waals surface area (Å²) < 4.78 is 10.3. The fourth-order valence-corrected chi connectivity index (χ4v) is 3.80. The lowest BCUT2D eigenvalue weighted by Crippen LogP contribution is -2.47. The molecule has 0 aromatic heterocycles. The minimum absolute atomic E-state index is 0.270. The lowest BCUT2D eigenvalue weighted by atomic mass is 10.00. The van der Waals surface area contributed by atoms with Gasteiger partial charge in [0.05, 0.1) is 13.7 Å². The average molecular weight is 295 g/mol. The van der Waals surface area contributed by atoms with Gasteiger partial charge in [-0.2, -0.15) is 0 Å². The number of rotatable bonds is 5. The van der Waals surface area contributed by atoms with Gasteiger partial charge in [-0.1, -0.05) is 6.07 Å². The molecule has 1 aliphatic rings. The van der Waals surface area contributed by atoms with E-state index in [4.69, 9.17) is 15.2 Å². The molecule has 0 aliphatic heterocycles. The molecular weight excluding hydrogens is 274 g/mol. The molecule has 20 heavy (non-hydrogen) atoms. The monoisotopic (exact) mass is 295 g/mol. The zero-order valence-corrected chi connectivity index (χ0v) is 12.7. The Morgan fingerprint density at radius 2 is 2.35 bits per heavy atom. The van der Waals surface area contributed by atoms with Gasteiger partial charge in [-0.3, -0.25) is 4.79 Å². The van der Waals surface area contributed by atoms with E-state index in [1.54, 1.807) is 25.8 Å². The second-order valence-electron chi connectivity index (χ2n) is 5.04. The van der Waals surface area contributed by atoms with Gasteiger partial charge in [0.15, 0.2) is 0 Å². The first-order valence-electron chi connectivity index (χ1n) is 6.84. The van der Waals surface area contributed by atoms with E-state index in [1.807, 2.05) is 24.3 Å². The zero-order chi connectivity index (χ0) is 14.6. The van der Waals surface area contributed by atoms with Crippen LogP contribution in [0.1, 0.15) is 26.2 Å². The predicted molar refractivity (Wildman–Crippen MR) is 80.0 cm³/mol. The van der Waals surface area contributed by atoms with Crippen molar-refractivity contribution in [1.82, 2.24) is 0 Å². The zero-order valence-electron chi connectivity index (χ0n) is 11.9. The normalized spacial score (nSPS) is 25.4. The minimum atomic E-state index is -0.813. The van der Waals surface area contributed by atoms with Gasteiger partial charge >= 0.3 is 5.97 Å². The molecule has 2 unspecified atom stereocenters. The Bertz CT molecular complexity index is 480. The molecule has 1 aromatic carbocycles. The quantitative estimate of drug-likeness (QED) is 0.846. The molecule has 0 heterocycles. The highest BCUT2D eigenvalue weighted by molar-refractivity contribution is 8.00. The van der Waals surface area contributed by atoms with E-state index in [0.717, 1.165) is 17.1 Å². The van der Waals surface area contributed by atoms with Crippen LogP contribution in [0.2, 0.25) is 0 Å². The molecule has 0 amide bonds. The molecular formula is C15H21NO3S. The molecule has 2 N–H and O–H groups in total. The summed E-state index contributed by atoms with van der Waals surface area (Å²) >= 11 is 1.75. The number of carbonyl (C=O) groups excluding carboxylic acids is 1. The number of hydrogen-bond donors (Lipinski definition) is 1. The second kappa shape index (κ2) is 6.50. The fraction of sp³-hybridized carbons (Fsp3) is 0.533. The van der Waals surface area contributed by atoms with Crippen LogP contribution in [-0.2, 0) is 9.53 Å². The Morgan fingerprint density at radius 1 is 1.55 bits per heavy atom. The van der Waals surface area contributed by atoms with Crippen LogP contribution in [0, 0.1) is 0 Å². The van der Waals surface area contributed by atoms with E-state index >= 15 is 0 Å². The Hall–Kier alpha value is -1.20. The smallest absolute Gasteiger partial charge is 0.326 e. The molecule has 1 fully saturated rings. The van der Waals surface area contributed by atoms with Gasteiger partial charge in [-0.25, -0.2) is 0 Å². The molecule has 2 atom stereocenters. The molecule has 1 aliphatic carbocycles. The number of benzene rings is 1. The van der Waals surface area contributed by atoms with E-state index in [9.17, 15) is 4.79 Å². The summed E-state index contributed by atoms with van der Waals surface area (Å²) in [5.41, 5.74) is 5.36. The number of nitrogens with two attached hydrogens (primary N) is 1. The summed E-state index contributed by atoms with van der Waals surface area (Å²) in [5.74, 6) is 0.575. The number of methoxy groups -OCH3 is 1. The van der Waals surface area contributed by atoms with Crippen molar-refractivity contribution in [2.24, 2.45) is 5.73 Å². The summed E-state index contributed by atoms with van der Waals surface area (Å²) in [4.78, 5) is 13.0. The van der Waals surface area contributed by atoms with Crippen molar-refractivity contribution >= 4 is 17.7 Å². The van der Waals surface area contributed by atoms with Crippen LogP contribution in [0.15, 0.2) is 29.2 Å². The van der Waals surface area contributed by atoms with E-state index in [1.165, 1.54) is 0 Å². The first-order valence-corrected chi connectivity index (χ1v) is 7.72. The number of carbonyl (C=O) groups is 1. The number of thioether (sulfide) groups is 1. The highest BCUT2D eigenvalue weighted by Gasteiger charge is 2.43. The van der Waals surface area contributed by atoms with Crippen molar-refractivity contribution < 1.29 is 14.3 Å². The third kappa shape index (κ3) is 3.46. The summed E-state index contributed by atoms with van der Waals surface area (Å²) in [7, 11) is 1.66. The van der Waals surface area contributed by atoms with E-state index in [2.05, 4.69) is 0 Å². The summed E-state index contributed by atoms with van der Waals surface area (Å²) in [6.45, 7) is 2.18. The van der Waals surface area contributed by atoms with E-state index in [-0.39, 0.29) is 5.97 Å². The first kappa shape index (κ1) is 15.2. The number of esters is 1. The molecule has 1 aromatic rings. The fourth-order valence-electron chi connectivity index (χ4n) is 2.46. The van der Waals surface area contributed by atoms with Crippen LogP contribution in [-0.4, -0.2) is 30.5 Å². The topological polar surface area (TPSA) is 61.5 Å². The van der Waals surface area contributed by atoms with Crippen molar-refractivity contribution in [2.45, 2.75) is 41.9 Å². The van der Waals surface area contributed by atoms with Crippen molar-refractivity contribution in [2.75, 3.05) is 13.7 Å². The Balaban J connectivity index is 1.97. The maximum Gasteiger partial charge on any atom is 0.326 e. The Kier molecular flexibility index (Phi) is 4.94. The predicted octanol–water partition coefficient (Wildman–Crippen LogP) is 2.60. The van der Waals surface area contributed by atoms with Gasteiger partial charge in [-0.15, -0.1) is 11.8 Å². The molecule has 4 nitrogen and oxygen atoms in total. The van der Waals surface area contributed by atoms with Crippen molar-refractivity contribution in [1.29, 1.82) is 0 Å². The van der Waals surface area contributed by atoms with Gasteiger partial charge < -0.3 is 15.2 Å². The van der Waals surface area contributed by atoms with Crippen LogP contribution in [0.5, 0.6) is 5.75 Å². The van der Waals surface area contributed by atoms with E-state index in [0.29, 0.717) is 24.7 Å². The maximum absolute atomic E-state index is 11.9. The lowest BCUT2D eigenvalue weighted by Gasteiger charge is -2.21. The van der Waals surface area contributed by atoms with Gasteiger partial charge in [0.1, 0.15) is 11.3 Å². The number of hydrogen-bond acceptors (Lipinski definition) is 5. The molecule has 2 rings (SSSR count). The van der Waals surface area contributed by atoms with Crippen LogP contribution in [0.25, 0.3) is 0 Å². The minimum Gasteiger partial charge on any atom is -0.497 e. The van der Waals surface area contributed by atoms with E-state index < -0.39 is 5.54 Å².